The summed E-state index contributed by atoms with van der Waals surface area (Å²) in [6, 6.07) is -0.0199. The van der Waals surface area contributed by atoms with Gasteiger partial charge in [-0.1, -0.05) is 0 Å². The fourth-order valence-electron chi connectivity index (χ4n) is 1.76. The zero-order valence-corrected chi connectivity index (χ0v) is 11.4. The van der Waals surface area contributed by atoms with Gasteiger partial charge >= 0.3 is 0 Å². The number of aliphatic hydroxyl groups is 1. The van der Waals surface area contributed by atoms with E-state index in [9.17, 15) is 4.79 Å². The standard InChI is InChI=1S/C10H20N2O2S.ClH/c1-7(9(6-13)15-2)12-10(14)8-4-3-5-11-8;/h7-9,11,13H,3-6H2,1-2H3,(H,12,14);1H. The van der Waals surface area contributed by atoms with Crippen LogP contribution in [0.1, 0.15) is 19.8 Å². The number of carbonyl (C=O) groups excluding carboxylic acids is 1. The van der Waals surface area contributed by atoms with Gasteiger partial charge in [0, 0.05) is 11.3 Å². The minimum absolute atomic E-state index is 0. The number of nitrogens with one attached hydrogen (secondary N) is 2. The van der Waals surface area contributed by atoms with Gasteiger partial charge in [-0.25, -0.2) is 0 Å². The third-order valence-corrected chi connectivity index (χ3v) is 3.95. The van der Waals surface area contributed by atoms with Crippen molar-refractivity contribution < 1.29 is 9.90 Å². The Morgan fingerprint density at radius 2 is 2.38 bits per heavy atom. The van der Waals surface area contributed by atoms with Crippen LogP contribution >= 0.6 is 24.2 Å². The van der Waals surface area contributed by atoms with Gasteiger partial charge in [0.2, 0.25) is 5.91 Å². The summed E-state index contributed by atoms with van der Waals surface area (Å²) in [5.41, 5.74) is 0. The van der Waals surface area contributed by atoms with E-state index in [1.165, 1.54) is 0 Å². The molecule has 0 aromatic rings. The van der Waals surface area contributed by atoms with E-state index < -0.39 is 0 Å². The summed E-state index contributed by atoms with van der Waals surface area (Å²) >= 11 is 1.58. The Hall–Kier alpha value is 0.0300. The van der Waals surface area contributed by atoms with Crippen LogP contribution in [0, 0.1) is 0 Å². The Kier molecular flexibility index (Phi) is 8.18. The maximum Gasteiger partial charge on any atom is 0.237 e. The number of rotatable bonds is 5. The minimum Gasteiger partial charge on any atom is -0.395 e. The second kappa shape index (κ2) is 8.17. The third kappa shape index (κ3) is 4.49. The predicted molar refractivity (Wildman–Crippen MR) is 70.3 cm³/mol. The molecule has 4 nitrogen and oxygen atoms in total. The van der Waals surface area contributed by atoms with Gasteiger partial charge in [-0.15, -0.1) is 12.4 Å². The van der Waals surface area contributed by atoms with E-state index in [0.29, 0.717) is 0 Å². The van der Waals surface area contributed by atoms with Crippen molar-refractivity contribution in [3.8, 4) is 0 Å². The molecule has 3 atom stereocenters. The number of thioether (sulfide) groups is 1. The van der Waals surface area contributed by atoms with Crippen molar-refractivity contribution in [1.29, 1.82) is 0 Å². The summed E-state index contributed by atoms with van der Waals surface area (Å²) in [6.45, 7) is 2.96. The quantitative estimate of drug-likeness (QED) is 0.675. The summed E-state index contributed by atoms with van der Waals surface area (Å²) in [4.78, 5) is 11.7. The zero-order valence-electron chi connectivity index (χ0n) is 9.73. The second-order valence-corrected chi connectivity index (χ2v) is 4.98. The summed E-state index contributed by atoms with van der Waals surface area (Å²) in [5, 5.41) is 15.3. The Labute approximate surface area is 107 Å². The molecule has 3 unspecified atom stereocenters. The van der Waals surface area contributed by atoms with E-state index in [-0.39, 0.29) is 42.3 Å². The normalized spacial score (nSPS) is 23.3. The van der Waals surface area contributed by atoms with Gasteiger partial charge in [0.15, 0.2) is 0 Å². The molecule has 1 aliphatic rings. The van der Waals surface area contributed by atoms with Crippen LogP contribution in [0.5, 0.6) is 0 Å². The molecule has 0 saturated carbocycles. The zero-order chi connectivity index (χ0) is 11.3. The molecule has 3 N–H and O–H groups in total. The highest BCUT2D eigenvalue weighted by atomic mass is 35.5. The number of carbonyl (C=O) groups is 1. The number of amides is 1. The summed E-state index contributed by atoms with van der Waals surface area (Å²) in [5.74, 6) is 0.0625. The third-order valence-electron chi connectivity index (χ3n) is 2.79. The molecule has 0 aliphatic carbocycles. The summed E-state index contributed by atoms with van der Waals surface area (Å²) < 4.78 is 0. The van der Waals surface area contributed by atoms with Crippen molar-refractivity contribution in [2.75, 3.05) is 19.4 Å². The van der Waals surface area contributed by atoms with E-state index in [1.54, 1.807) is 11.8 Å². The van der Waals surface area contributed by atoms with Crippen LogP contribution in [0.25, 0.3) is 0 Å². The molecular formula is C10H21ClN2O2S. The van der Waals surface area contributed by atoms with Gasteiger partial charge in [0.05, 0.1) is 12.6 Å². The van der Waals surface area contributed by atoms with Gasteiger partial charge in [-0.2, -0.15) is 11.8 Å². The van der Waals surface area contributed by atoms with Crippen LogP contribution in [0.3, 0.4) is 0 Å². The van der Waals surface area contributed by atoms with Crippen molar-refractivity contribution in [1.82, 2.24) is 10.6 Å². The average molecular weight is 269 g/mol. The fourth-order valence-corrected chi connectivity index (χ4v) is 2.39. The lowest BCUT2D eigenvalue weighted by molar-refractivity contribution is -0.123. The first-order valence-electron chi connectivity index (χ1n) is 5.36. The molecule has 1 saturated heterocycles. The molecule has 0 radical (unpaired) electrons. The Morgan fingerprint density at radius 1 is 1.69 bits per heavy atom. The lowest BCUT2D eigenvalue weighted by atomic mass is 10.2. The van der Waals surface area contributed by atoms with Crippen molar-refractivity contribution >= 4 is 30.1 Å². The molecular weight excluding hydrogens is 248 g/mol. The van der Waals surface area contributed by atoms with Crippen LogP contribution in [-0.4, -0.2) is 47.8 Å². The van der Waals surface area contributed by atoms with Gasteiger partial charge in [-0.05, 0) is 32.6 Å². The van der Waals surface area contributed by atoms with Crippen molar-refractivity contribution in [2.24, 2.45) is 0 Å². The van der Waals surface area contributed by atoms with Gasteiger partial charge in [-0.3, -0.25) is 4.79 Å². The Bertz CT molecular complexity index is 209. The van der Waals surface area contributed by atoms with E-state index in [1.807, 2.05) is 13.2 Å². The lowest BCUT2D eigenvalue weighted by Crippen LogP contribution is -2.48. The monoisotopic (exact) mass is 268 g/mol. The first kappa shape index (κ1) is 16.0. The van der Waals surface area contributed by atoms with E-state index in [2.05, 4.69) is 10.6 Å². The molecule has 0 aromatic heterocycles. The number of hydrogen-bond donors (Lipinski definition) is 3. The molecule has 0 spiro atoms. The van der Waals surface area contributed by atoms with Crippen LogP contribution in [0.15, 0.2) is 0 Å². The smallest absolute Gasteiger partial charge is 0.237 e. The number of hydrogen-bond acceptors (Lipinski definition) is 4. The maximum absolute atomic E-state index is 11.7. The molecule has 1 rings (SSSR count). The SMILES string of the molecule is CSC(CO)C(C)NC(=O)C1CCCN1.Cl. The molecule has 1 fully saturated rings. The summed E-state index contributed by atoms with van der Waals surface area (Å²) in [6.07, 6.45) is 3.93. The highest BCUT2D eigenvalue weighted by Gasteiger charge is 2.25. The molecule has 16 heavy (non-hydrogen) atoms. The summed E-state index contributed by atoms with van der Waals surface area (Å²) in [7, 11) is 0. The number of halogens is 1. The predicted octanol–water partition coefficient (Wildman–Crippen LogP) is 0.389. The molecule has 1 heterocycles. The first-order valence-corrected chi connectivity index (χ1v) is 6.65. The van der Waals surface area contributed by atoms with Crippen LogP contribution in [-0.2, 0) is 4.79 Å². The highest BCUT2D eigenvalue weighted by Crippen LogP contribution is 2.11. The van der Waals surface area contributed by atoms with Crippen molar-refractivity contribution in [2.45, 2.75) is 37.1 Å². The number of aliphatic hydroxyl groups excluding tert-OH is 1. The van der Waals surface area contributed by atoms with Crippen molar-refractivity contribution in [3.63, 3.8) is 0 Å². The first-order chi connectivity index (χ1) is 7.19. The molecule has 1 amide bonds. The maximum atomic E-state index is 11.7. The van der Waals surface area contributed by atoms with Crippen molar-refractivity contribution in [3.05, 3.63) is 0 Å². The molecule has 0 aromatic carbocycles. The molecule has 96 valence electrons. The van der Waals surface area contributed by atoms with Gasteiger partial charge in [0.1, 0.15) is 0 Å². The van der Waals surface area contributed by atoms with Crippen LogP contribution in [0.4, 0.5) is 0 Å². The Morgan fingerprint density at radius 3 is 2.81 bits per heavy atom. The lowest BCUT2D eigenvalue weighted by Gasteiger charge is -2.23. The molecule has 0 bridgehead atoms. The fraction of sp³-hybridized carbons (Fsp3) is 0.900. The van der Waals surface area contributed by atoms with E-state index in [0.717, 1.165) is 19.4 Å². The van der Waals surface area contributed by atoms with Gasteiger partial charge in [0.25, 0.3) is 0 Å². The van der Waals surface area contributed by atoms with Crippen LogP contribution in [0.2, 0.25) is 0 Å². The molecule has 1 aliphatic heterocycles. The molecule has 6 heteroatoms. The largest absolute Gasteiger partial charge is 0.395 e. The average Bonchev–Trinajstić information content (AvgIpc) is 2.72. The minimum atomic E-state index is -0.0337. The topological polar surface area (TPSA) is 61.4 Å². The van der Waals surface area contributed by atoms with E-state index >= 15 is 0 Å². The van der Waals surface area contributed by atoms with Crippen LogP contribution < -0.4 is 10.6 Å². The highest BCUT2D eigenvalue weighted by molar-refractivity contribution is 7.99. The van der Waals surface area contributed by atoms with Gasteiger partial charge < -0.3 is 15.7 Å². The van der Waals surface area contributed by atoms with E-state index in [4.69, 9.17) is 5.11 Å². The Balaban J connectivity index is 0.00000225. The second-order valence-electron chi connectivity index (χ2n) is 3.90.